The molecule has 0 amide bonds. The predicted molar refractivity (Wildman–Crippen MR) is 127 cm³/mol. The van der Waals surface area contributed by atoms with E-state index in [0.717, 1.165) is 11.4 Å². The molecular formula is C26H33K2N3O. The summed E-state index contributed by atoms with van der Waals surface area (Å²) in [5.74, 6) is 0. The fourth-order valence-electron chi connectivity index (χ4n) is 2.29. The fourth-order valence-corrected chi connectivity index (χ4v) is 2.29. The maximum atomic E-state index is 10.5. The van der Waals surface area contributed by atoms with Crippen LogP contribution in [0, 0.1) is 13.8 Å². The van der Waals surface area contributed by atoms with Gasteiger partial charge in [0.25, 0.3) is 0 Å². The zero-order valence-electron chi connectivity index (χ0n) is 20.6. The van der Waals surface area contributed by atoms with E-state index in [-0.39, 0.29) is 116 Å². The third-order valence-electron chi connectivity index (χ3n) is 3.73. The first-order valence-electron chi connectivity index (χ1n) is 10.3. The van der Waals surface area contributed by atoms with Crippen LogP contribution < -0.4 is 113 Å². The number of benzene rings is 2. The first kappa shape index (κ1) is 34.3. The normalized spacial score (nSPS) is 9.59. The van der Waals surface area contributed by atoms with E-state index in [9.17, 15) is 5.11 Å². The summed E-state index contributed by atoms with van der Waals surface area (Å²) in [4.78, 5) is 4.18. The molecule has 0 N–H and O–H groups in total. The predicted octanol–water partition coefficient (Wildman–Crippen LogP) is -0.0858. The average Bonchev–Trinajstić information content (AvgIpc) is 2.76. The molecule has 4 nitrogen and oxygen atoms in total. The van der Waals surface area contributed by atoms with Crippen molar-refractivity contribution in [1.82, 2.24) is 4.57 Å². The summed E-state index contributed by atoms with van der Waals surface area (Å²) in [6.45, 7) is 12.2. The SMILES string of the molecule is C=Cn1cc([N-]c2ccccc2)ccc1=NCC[O-].CCC.Cc1ccc(C)cc1.[K+].[K+]. The Morgan fingerprint density at radius 3 is 1.88 bits per heavy atom. The zero-order valence-corrected chi connectivity index (χ0v) is 26.8. The summed E-state index contributed by atoms with van der Waals surface area (Å²) < 4.78 is 1.76. The molecule has 0 saturated carbocycles. The van der Waals surface area contributed by atoms with E-state index in [2.05, 4.69) is 68.8 Å². The maximum Gasteiger partial charge on any atom is 1.00 e. The van der Waals surface area contributed by atoms with Gasteiger partial charge in [-0.25, -0.2) is 0 Å². The monoisotopic (exact) mass is 481 g/mol. The van der Waals surface area contributed by atoms with Crippen LogP contribution in [0.15, 0.2) is 84.5 Å². The molecule has 0 atom stereocenters. The molecular weight excluding hydrogens is 449 g/mol. The van der Waals surface area contributed by atoms with Gasteiger partial charge < -0.3 is 15.0 Å². The average molecular weight is 482 g/mol. The molecule has 1 heterocycles. The number of nitrogens with zero attached hydrogens (tertiary/aromatic N) is 3. The smallest absolute Gasteiger partial charge is 0.853 e. The Hall–Kier alpha value is 0.163. The van der Waals surface area contributed by atoms with E-state index in [0.29, 0.717) is 5.49 Å². The molecule has 3 aromatic rings. The molecule has 0 unspecified atom stereocenters. The van der Waals surface area contributed by atoms with Gasteiger partial charge in [0.1, 0.15) is 5.49 Å². The van der Waals surface area contributed by atoms with Gasteiger partial charge in [-0.1, -0.05) is 98.6 Å². The van der Waals surface area contributed by atoms with Crippen molar-refractivity contribution in [2.24, 2.45) is 4.99 Å². The van der Waals surface area contributed by atoms with Gasteiger partial charge in [0.2, 0.25) is 0 Å². The number of hydrogen-bond acceptors (Lipinski definition) is 2. The number of rotatable bonds is 5. The molecule has 0 fully saturated rings. The molecule has 2 aromatic carbocycles. The van der Waals surface area contributed by atoms with E-state index in [1.807, 2.05) is 48.7 Å². The van der Waals surface area contributed by atoms with E-state index in [1.165, 1.54) is 17.5 Å². The van der Waals surface area contributed by atoms with Gasteiger partial charge in [-0.05, 0) is 26.1 Å². The molecule has 0 radical (unpaired) electrons. The van der Waals surface area contributed by atoms with Crippen LogP contribution in [0.1, 0.15) is 31.4 Å². The van der Waals surface area contributed by atoms with Crippen molar-refractivity contribution in [3.8, 4) is 0 Å². The van der Waals surface area contributed by atoms with E-state index in [4.69, 9.17) is 0 Å². The van der Waals surface area contributed by atoms with Gasteiger partial charge >= 0.3 is 103 Å². The Balaban J connectivity index is 0. The third-order valence-corrected chi connectivity index (χ3v) is 3.73. The molecule has 0 aliphatic rings. The van der Waals surface area contributed by atoms with Gasteiger partial charge in [0, 0.05) is 12.7 Å². The Morgan fingerprint density at radius 2 is 1.41 bits per heavy atom. The molecule has 0 aliphatic heterocycles. The van der Waals surface area contributed by atoms with Crippen molar-refractivity contribution >= 4 is 17.6 Å². The molecule has 0 bridgehead atoms. The first-order chi connectivity index (χ1) is 14.5. The minimum absolute atomic E-state index is 0. The molecule has 32 heavy (non-hydrogen) atoms. The van der Waals surface area contributed by atoms with E-state index < -0.39 is 0 Å². The molecule has 0 aliphatic carbocycles. The maximum absolute atomic E-state index is 10.5. The number of hydrogen-bond donors (Lipinski definition) is 0. The van der Waals surface area contributed by atoms with Crippen molar-refractivity contribution in [3.05, 3.63) is 101 Å². The van der Waals surface area contributed by atoms with Gasteiger partial charge in [-0.15, -0.1) is 18.0 Å². The second-order valence-electron chi connectivity index (χ2n) is 6.73. The summed E-state index contributed by atoms with van der Waals surface area (Å²) in [6.07, 6.45) is 4.73. The first-order valence-corrected chi connectivity index (χ1v) is 10.3. The van der Waals surface area contributed by atoms with Crippen LogP contribution >= 0.6 is 0 Å². The number of aryl methyl sites for hydroxylation is 2. The minimum Gasteiger partial charge on any atom is -0.853 e. The summed E-state index contributed by atoms with van der Waals surface area (Å²) in [6, 6.07) is 21.9. The molecule has 0 spiro atoms. The van der Waals surface area contributed by atoms with Gasteiger partial charge in [-0.3, -0.25) is 4.99 Å². The van der Waals surface area contributed by atoms with Gasteiger partial charge in [0.15, 0.2) is 0 Å². The molecule has 160 valence electrons. The Labute approximate surface area is 279 Å². The zero-order chi connectivity index (χ0) is 22.2. The summed E-state index contributed by atoms with van der Waals surface area (Å²) in [5, 5.41) is 15.0. The topological polar surface area (TPSA) is 54.5 Å². The molecule has 6 heteroatoms. The third kappa shape index (κ3) is 15.1. The quantitative estimate of drug-likeness (QED) is 0.470. The summed E-state index contributed by atoms with van der Waals surface area (Å²) in [7, 11) is 0. The minimum atomic E-state index is -0.215. The summed E-state index contributed by atoms with van der Waals surface area (Å²) in [5.41, 5.74) is 5.07. The molecule has 0 saturated heterocycles. The van der Waals surface area contributed by atoms with Gasteiger partial charge in [0.05, 0.1) is 0 Å². The van der Waals surface area contributed by atoms with E-state index >= 15 is 0 Å². The molecule has 3 rings (SSSR count). The fraction of sp³-hybridized carbons (Fsp3) is 0.269. The van der Waals surface area contributed by atoms with Crippen molar-refractivity contribution in [2.45, 2.75) is 34.1 Å². The van der Waals surface area contributed by atoms with Gasteiger partial charge in [-0.2, -0.15) is 0 Å². The standard InChI is InChI=1S/C15H15N3O.C8H10.C3H8.2K/c1-2-18-12-14(8-9-15(18)16-10-11-19)17-13-6-4-3-5-7-13;1-7-3-5-8(2)6-4-7;1-3-2;;/h2-9,12H,1,10-11H2;3-6H,1-2H3;3H2,1-2H3;;/q-2;;;2*+1. The summed E-state index contributed by atoms with van der Waals surface area (Å²) >= 11 is 0. The second-order valence-corrected chi connectivity index (χ2v) is 6.73. The largest absolute Gasteiger partial charge is 1.00 e. The van der Waals surface area contributed by atoms with Crippen LogP contribution in [0.4, 0.5) is 11.4 Å². The second kappa shape index (κ2) is 21.7. The number of aromatic nitrogens is 1. The van der Waals surface area contributed by atoms with Crippen LogP contribution in [0.2, 0.25) is 0 Å². The van der Waals surface area contributed by atoms with Crippen molar-refractivity contribution in [3.63, 3.8) is 0 Å². The van der Waals surface area contributed by atoms with Crippen LogP contribution in [-0.4, -0.2) is 17.7 Å². The van der Waals surface area contributed by atoms with Crippen LogP contribution in [-0.2, 0) is 0 Å². The number of pyridine rings is 1. The van der Waals surface area contributed by atoms with Crippen LogP contribution in [0.5, 0.6) is 0 Å². The van der Waals surface area contributed by atoms with Crippen LogP contribution in [0.25, 0.3) is 11.5 Å². The Bertz CT molecular complexity index is 903. The van der Waals surface area contributed by atoms with Crippen molar-refractivity contribution in [2.75, 3.05) is 13.2 Å². The van der Waals surface area contributed by atoms with E-state index in [1.54, 1.807) is 10.8 Å². The van der Waals surface area contributed by atoms with Crippen LogP contribution in [0.3, 0.4) is 0 Å². The Kier molecular flexibility index (Phi) is 23.3. The van der Waals surface area contributed by atoms with Crippen molar-refractivity contribution in [1.29, 1.82) is 0 Å². The van der Waals surface area contributed by atoms with Crippen molar-refractivity contribution < 1.29 is 108 Å². The number of para-hydroxylation sites is 1. The Morgan fingerprint density at radius 1 is 0.875 bits per heavy atom. The molecule has 1 aromatic heterocycles.